The molecule has 3 aromatic rings. The highest BCUT2D eigenvalue weighted by Crippen LogP contribution is 2.25. The molecular formula is C24H27ClN4O2. The van der Waals surface area contributed by atoms with Crippen LogP contribution in [0.1, 0.15) is 37.3 Å². The zero-order valence-corrected chi connectivity index (χ0v) is 18.7. The summed E-state index contributed by atoms with van der Waals surface area (Å²) >= 11 is 5.91. The Balaban J connectivity index is 1.26. The van der Waals surface area contributed by atoms with Crippen LogP contribution in [0.15, 0.2) is 53.1 Å². The first-order valence-corrected chi connectivity index (χ1v) is 11.0. The van der Waals surface area contributed by atoms with Crippen molar-refractivity contribution in [1.29, 1.82) is 0 Å². The molecule has 162 valence electrons. The van der Waals surface area contributed by atoms with Crippen LogP contribution < -0.4 is 5.32 Å². The number of aryl methyl sites for hydroxylation is 1. The number of carbonyl (C=O) groups excluding carboxylic acids is 1. The largest absolute Gasteiger partial charge is 0.354 e. The first kappa shape index (κ1) is 21.5. The van der Waals surface area contributed by atoms with Gasteiger partial charge in [0.1, 0.15) is 0 Å². The molecular weight excluding hydrogens is 412 g/mol. The molecule has 0 fully saturated rings. The van der Waals surface area contributed by atoms with Crippen LogP contribution in [-0.4, -0.2) is 39.6 Å². The molecule has 0 atom stereocenters. The summed E-state index contributed by atoms with van der Waals surface area (Å²) in [7, 11) is 0. The Morgan fingerprint density at radius 3 is 2.68 bits per heavy atom. The van der Waals surface area contributed by atoms with Gasteiger partial charge in [0.25, 0.3) is 0 Å². The van der Waals surface area contributed by atoms with Gasteiger partial charge in [-0.25, -0.2) is 0 Å². The quantitative estimate of drug-likeness (QED) is 0.596. The number of fused-ring (bicyclic) bond motifs is 1. The fourth-order valence-electron chi connectivity index (χ4n) is 3.82. The first-order chi connectivity index (χ1) is 14.9. The van der Waals surface area contributed by atoms with Crippen molar-refractivity contribution in [1.82, 2.24) is 20.4 Å². The van der Waals surface area contributed by atoms with E-state index in [4.69, 9.17) is 16.1 Å². The molecule has 1 aliphatic heterocycles. The maximum Gasteiger partial charge on any atom is 0.227 e. The van der Waals surface area contributed by atoms with E-state index < -0.39 is 0 Å². The van der Waals surface area contributed by atoms with E-state index in [0.717, 1.165) is 25.1 Å². The van der Waals surface area contributed by atoms with Gasteiger partial charge in [-0.1, -0.05) is 41.0 Å². The van der Waals surface area contributed by atoms with E-state index >= 15 is 0 Å². The van der Waals surface area contributed by atoms with Gasteiger partial charge in [0.2, 0.25) is 17.6 Å². The number of amides is 1. The van der Waals surface area contributed by atoms with Gasteiger partial charge in [-0.15, -0.1) is 0 Å². The summed E-state index contributed by atoms with van der Waals surface area (Å²) < 4.78 is 5.29. The minimum absolute atomic E-state index is 0.0169. The van der Waals surface area contributed by atoms with Crippen molar-refractivity contribution in [3.05, 3.63) is 70.6 Å². The second kappa shape index (κ2) is 9.20. The predicted octanol–water partition coefficient (Wildman–Crippen LogP) is 4.28. The lowest BCUT2D eigenvalue weighted by Crippen LogP contribution is -2.53. The molecule has 0 aliphatic carbocycles. The minimum Gasteiger partial charge on any atom is -0.354 e. The van der Waals surface area contributed by atoms with Crippen LogP contribution in [0, 0.1) is 0 Å². The van der Waals surface area contributed by atoms with E-state index in [1.54, 1.807) is 12.1 Å². The van der Waals surface area contributed by atoms with Crippen LogP contribution in [0.5, 0.6) is 0 Å². The van der Waals surface area contributed by atoms with E-state index in [0.29, 0.717) is 36.1 Å². The fraction of sp³-hybridized carbons (Fsp3) is 0.375. The number of hydrogen-bond acceptors (Lipinski definition) is 5. The van der Waals surface area contributed by atoms with Crippen LogP contribution in [0.25, 0.3) is 11.4 Å². The molecule has 2 heterocycles. The topological polar surface area (TPSA) is 71.3 Å². The van der Waals surface area contributed by atoms with E-state index in [9.17, 15) is 4.79 Å². The van der Waals surface area contributed by atoms with Crippen LogP contribution >= 0.6 is 11.6 Å². The lowest BCUT2D eigenvalue weighted by atomic mass is 9.94. The highest BCUT2D eigenvalue weighted by molar-refractivity contribution is 6.30. The van der Waals surface area contributed by atoms with Crippen molar-refractivity contribution in [3.8, 4) is 11.4 Å². The van der Waals surface area contributed by atoms with Gasteiger partial charge in [0, 0.05) is 48.6 Å². The van der Waals surface area contributed by atoms with Crippen molar-refractivity contribution in [2.75, 3.05) is 13.1 Å². The lowest BCUT2D eigenvalue weighted by Gasteiger charge is -2.41. The number of nitrogens with one attached hydrogen (secondary N) is 1. The molecule has 7 heteroatoms. The Kier molecular flexibility index (Phi) is 6.39. The third-order valence-corrected chi connectivity index (χ3v) is 6.09. The van der Waals surface area contributed by atoms with Crippen molar-refractivity contribution < 1.29 is 9.32 Å². The second-order valence-electron chi connectivity index (χ2n) is 8.55. The Morgan fingerprint density at radius 2 is 1.90 bits per heavy atom. The maximum absolute atomic E-state index is 12.4. The third-order valence-electron chi connectivity index (χ3n) is 5.84. The zero-order chi connectivity index (χ0) is 21.8. The summed E-state index contributed by atoms with van der Waals surface area (Å²) in [4.78, 5) is 19.2. The zero-order valence-electron chi connectivity index (χ0n) is 17.9. The molecule has 31 heavy (non-hydrogen) atoms. The van der Waals surface area contributed by atoms with Gasteiger partial charge in [-0.2, -0.15) is 4.98 Å². The van der Waals surface area contributed by atoms with E-state index in [1.807, 2.05) is 12.1 Å². The Morgan fingerprint density at radius 1 is 1.16 bits per heavy atom. The minimum atomic E-state index is -0.130. The normalized spacial score (nSPS) is 14.3. The Labute approximate surface area is 187 Å². The molecule has 4 rings (SSSR count). The fourth-order valence-corrected chi connectivity index (χ4v) is 3.95. The number of rotatable bonds is 7. The number of halogens is 1. The second-order valence-corrected chi connectivity index (χ2v) is 8.98. The monoisotopic (exact) mass is 438 g/mol. The van der Waals surface area contributed by atoms with E-state index in [1.165, 1.54) is 11.1 Å². The summed E-state index contributed by atoms with van der Waals surface area (Å²) in [6, 6.07) is 15.8. The van der Waals surface area contributed by atoms with Gasteiger partial charge in [0.15, 0.2) is 0 Å². The van der Waals surface area contributed by atoms with Gasteiger partial charge in [0.05, 0.1) is 0 Å². The summed E-state index contributed by atoms with van der Waals surface area (Å²) in [6.07, 6.45) is 1.76. The highest BCUT2D eigenvalue weighted by atomic mass is 35.5. The molecule has 0 saturated heterocycles. The van der Waals surface area contributed by atoms with Gasteiger partial charge in [-0.05, 0) is 55.7 Å². The number of nitrogens with zero attached hydrogens (tertiary/aromatic N) is 3. The number of carbonyl (C=O) groups is 1. The number of hydrogen-bond donors (Lipinski definition) is 1. The molecule has 0 saturated carbocycles. The smallest absolute Gasteiger partial charge is 0.227 e. The van der Waals surface area contributed by atoms with Crippen molar-refractivity contribution >= 4 is 17.5 Å². The Hall–Kier alpha value is -2.70. The SMILES string of the molecule is CC(C)(CNC(=O)CCc1nc(-c2ccc(Cl)cc2)no1)N1CCc2ccccc2C1. The molecule has 1 N–H and O–H groups in total. The predicted molar refractivity (Wildman–Crippen MR) is 121 cm³/mol. The maximum atomic E-state index is 12.4. The average molecular weight is 439 g/mol. The van der Waals surface area contributed by atoms with Crippen LogP contribution in [0.4, 0.5) is 0 Å². The standard InChI is InChI=1S/C24H27ClN4O2/c1-24(2,29-14-13-17-5-3-4-6-19(17)15-29)16-26-21(30)11-12-22-27-23(28-31-22)18-7-9-20(25)10-8-18/h3-10H,11-16H2,1-2H3,(H,26,30). The molecule has 1 aliphatic rings. The van der Waals surface area contributed by atoms with Crippen LogP contribution in [-0.2, 0) is 24.2 Å². The molecule has 0 unspecified atom stereocenters. The van der Waals surface area contributed by atoms with Crippen LogP contribution in [0.3, 0.4) is 0 Å². The van der Waals surface area contributed by atoms with Crippen molar-refractivity contribution in [2.45, 2.75) is 45.2 Å². The van der Waals surface area contributed by atoms with E-state index in [2.05, 4.69) is 58.5 Å². The van der Waals surface area contributed by atoms with Crippen LogP contribution in [0.2, 0.25) is 5.02 Å². The Bertz CT molecular complexity index is 1050. The summed E-state index contributed by atoms with van der Waals surface area (Å²) in [5, 5.41) is 7.72. The van der Waals surface area contributed by atoms with Crippen molar-refractivity contribution in [3.63, 3.8) is 0 Å². The molecule has 0 spiro atoms. The molecule has 2 aromatic carbocycles. The van der Waals surface area contributed by atoms with Gasteiger partial charge < -0.3 is 9.84 Å². The first-order valence-electron chi connectivity index (χ1n) is 10.6. The molecule has 0 radical (unpaired) electrons. The molecule has 1 amide bonds. The third kappa shape index (κ3) is 5.32. The highest BCUT2D eigenvalue weighted by Gasteiger charge is 2.30. The number of benzene rings is 2. The van der Waals surface area contributed by atoms with Gasteiger partial charge in [-0.3, -0.25) is 9.69 Å². The summed E-state index contributed by atoms with van der Waals surface area (Å²) in [6.45, 7) is 6.85. The van der Waals surface area contributed by atoms with Gasteiger partial charge >= 0.3 is 0 Å². The molecule has 6 nitrogen and oxygen atoms in total. The average Bonchev–Trinajstić information content (AvgIpc) is 3.25. The molecule has 1 aromatic heterocycles. The van der Waals surface area contributed by atoms with E-state index in [-0.39, 0.29) is 11.4 Å². The number of aromatic nitrogens is 2. The summed E-state index contributed by atoms with van der Waals surface area (Å²) in [5.41, 5.74) is 3.50. The summed E-state index contributed by atoms with van der Waals surface area (Å²) in [5.74, 6) is 0.933. The van der Waals surface area contributed by atoms with Crippen molar-refractivity contribution in [2.24, 2.45) is 0 Å². The molecule has 0 bridgehead atoms. The lowest BCUT2D eigenvalue weighted by molar-refractivity contribution is -0.121.